The van der Waals surface area contributed by atoms with Gasteiger partial charge in [-0.2, -0.15) is 0 Å². The summed E-state index contributed by atoms with van der Waals surface area (Å²) in [6.07, 6.45) is 6.31. The topological polar surface area (TPSA) is 43.4 Å². The number of allylic oxidation sites excluding steroid dienone is 1. The van der Waals surface area contributed by atoms with Gasteiger partial charge in [0.15, 0.2) is 9.84 Å². The number of unbranched alkanes of at least 4 members (excludes halogenated alkanes) is 1. The van der Waals surface area contributed by atoms with Crippen LogP contribution in [0.1, 0.15) is 44.6 Å². The van der Waals surface area contributed by atoms with Crippen molar-refractivity contribution in [2.45, 2.75) is 56.1 Å². The van der Waals surface area contributed by atoms with Crippen molar-refractivity contribution in [3.8, 4) is 0 Å². The van der Waals surface area contributed by atoms with Gasteiger partial charge in [0, 0.05) is 0 Å². The lowest BCUT2D eigenvalue weighted by molar-refractivity contribution is 0.183. The minimum atomic E-state index is -3.38. The van der Waals surface area contributed by atoms with Crippen LogP contribution in [-0.4, -0.2) is 20.3 Å². The average Bonchev–Trinajstić information content (AvgIpc) is 2.49. The predicted molar refractivity (Wildman–Crippen MR) is 84.9 cm³/mol. The van der Waals surface area contributed by atoms with Gasteiger partial charge < -0.3 is 4.74 Å². The fraction of sp³-hybridized carbons (Fsp3) is 0.529. The molecule has 0 bridgehead atoms. The summed E-state index contributed by atoms with van der Waals surface area (Å²) in [4.78, 5) is 0.393. The number of hydrogen-bond donors (Lipinski definition) is 0. The molecule has 0 aliphatic carbocycles. The van der Waals surface area contributed by atoms with E-state index in [1.807, 2.05) is 25.1 Å². The normalized spacial score (nSPS) is 17.0. The molecule has 1 aromatic carbocycles. The molecule has 0 aromatic heterocycles. The quantitative estimate of drug-likeness (QED) is 0.797. The SMILES string of the molecule is CCCCC(C1=CCCCO1)S(=O)(=O)c1ccc(C)cc1. The molecule has 1 unspecified atom stereocenters. The summed E-state index contributed by atoms with van der Waals surface area (Å²) >= 11 is 0. The Kier molecular flexibility index (Phi) is 5.45. The van der Waals surface area contributed by atoms with E-state index >= 15 is 0 Å². The molecule has 2 rings (SSSR count). The molecule has 0 radical (unpaired) electrons. The van der Waals surface area contributed by atoms with Gasteiger partial charge in [-0.1, -0.05) is 37.5 Å². The third-order valence-electron chi connectivity index (χ3n) is 3.82. The summed E-state index contributed by atoms with van der Waals surface area (Å²) in [7, 11) is -3.38. The lowest BCUT2D eigenvalue weighted by atomic mass is 10.1. The summed E-state index contributed by atoms with van der Waals surface area (Å²) < 4.78 is 31.5. The highest BCUT2D eigenvalue weighted by Crippen LogP contribution is 2.28. The maximum absolute atomic E-state index is 12.9. The molecular formula is C17H24O3S. The van der Waals surface area contributed by atoms with Crippen LogP contribution in [0.15, 0.2) is 41.0 Å². The maximum atomic E-state index is 12.9. The van der Waals surface area contributed by atoms with Crippen molar-refractivity contribution in [3.05, 3.63) is 41.7 Å². The van der Waals surface area contributed by atoms with Gasteiger partial charge in [0.1, 0.15) is 11.0 Å². The Labute approximate surface area is 127 Å². The van der Waals surface area contributed by atoms with E-state index in [9.17, 15) is 8.42 Å². The Morgan fingerprint density at radius 1 is 1.24 bits per heavy atom. The fourth-order valence-electron chi connectivity index (χ4n) is 2.53. The van der Waals surface area contributed by atoms with Crippen LogP contribution in [0.5, 0.6) is 0 Å². The first-order valence-corrected chi connectivity index (χ1v) is 9.23. The first-order chi connectivity index (χ1) is 10.1. The Morgan fingerprint density at radius 3 is 2.52 bits per heavy atom. The van der Waals surface area contributed by atoms with Gasteiger partial charge in [-0.3, -0.25) is 0 Å². The molecule has 0 saturated carbocycles. The first kappa shape index (κ1) is 16.1. The van der Waals surface area contributed by atoms with Gasteiger partial charge >= 0.3 is 0 Å². The minimum absolute atomic E-state index is 0.393. The molecule has 0 N–H and O–H groups in total. The van der Waals surface area contributed by atoms with Crippen LogP contribution >= 0.6 is 0 Å². The van der Waals surface area contributed by atoms with Crippen molar-refractivity contribution >= 4 is 9.84 Å². The van der Waals surface area contributed by atoms with Crippen molar-refractivity contribution in [2.24, 2.45) is 0 Å². The van der Waals surface area contributed by atoms with Gasteiger partial charge in [-0.25, -0.2) is 8.42 Å². The Morgan fingerprint density at radius 2 is 1.95 bits per heavy atom. The van der Waals surface area contributed by atoms with Crippen LogP contribution in [0, 0.1) is 6.92 Å². The van der Waals surface area contributed by atoms with Crippen LogP contribution in [-0.2, 0) is 14.6 Å². The Bertz CT molecular complexity index is 585. The van der Waals surface area contributed by atoms with Gasteiger partial charge in [0.25, 0.3) is 0 Å². The smallest absolute Gasteiger partial charge is 0.188 e. The highest BCUT2D eigenvalue weighted by molar-refractivity contribution is 7.92. The van der Waals surface area contributed by atoms with E-state index in [2.05, 4.69) is 6.92 Å². The van der Waals surface area contributed by atoms with E-state index in [1.165, 1.54) is 0 Å². The van der Waals surface area contributed by atoms with E-state index in [1.54, 1.807) is 12.1 Å². The zero-order chi connectivity index (χ0) is 15.3. The highest BCUT2D eigenvalue weighted by atomic mass is 32.2. The van der Waals surface area contributed by atoms with Gasteiger partial charge in [-0.15, -0.1) is 0 Å². The number of benzene rings is 1. The standard InChI is InChI=1S/C17H24O3S/c1-3-4-8-17(16-7-5-6-13-20-16)21(18,19)15-11-9-14(2)10-12-15/h7,9-12,17H,3-6,8,13H2,1-2H3. The molecule has 4 heteroatoms. The van der Waals surface area contributed by atoms with Gasteiger partial charge in [0.2, 0.25) is 0 Å². The molecule has 0 fully saturated rings. The number of aryl methyl sites for hydroxylation is 1. The largest absolute Gasteiger partial charge is 0.497 e. The van der Waals surface area contributed by atoms with E-state index in [4.69, 9.17) is 4.74 Å². The molecule has 116 valence electrons. The van der Waals surface area contributed by atoms with Gasteiger partial charge in [0.05, 0.1) is 11.5 Å². The summed E-state index contributed by atoms with van der Waals surface area (Å²) in [6.45, 7) is 4.65. The molecule has 1 aliphatic heterocycles. The molecule has 1 heterocycles. The monoisotopic (exact) mass is 308 g/mol. The van der Waals surface area contributed by atoms with Gasteiger partial charge in [-0.05, 0) is 44.4 Å². The number of rotatable bonds is 6. The highest BCUT2D eigenvalue weighted by Gasteiger charge is 2.32. The second-order valence-corrected chi connectivity index (χ2v) is 7.72. The molecular weight excluding hydrogens is 284 g/mol. The van der Waals surface area contributed by atoms with Crippen molar-refractivity contribution in [2.75, 3.05) is 6.61 Å². The van der Waals surface area contributed by atoms with Crippen LogP contribution < -0.4 is 0 Å². The van der Waals surface area contributed by atoms with Crippen LogP contribution in [0.4, 0.5) is 0 Å². The number of hydrogen-bond acceptors (Lipinski definition) is 3. The predicted octanol–water partition coefficient (Wildman–Crippen LogP) is 4.02. The molecule has 1 aliphatic rings. The average molecular weight is 308 g/mol. The molecule has 1 atom stereocenters. The summed E-state index contributed by atoms with van der Waals surface area (Å²) in [5.74, 6) is 0.648. The van der Waals surface area contributed by atoms with Crippen molar-refractivity contribution in [1.82, 2.24) is 0 Å². The van der Waals surface area contributed by atoms with E-state index in [0.29, 0.717) is 23.7 Å². The Balaban J connectivity index is 2.34. The number of sulfone groups is 1. The first-order valence-electron chi connectivity index (χ1n) is 7.69. The van der Waals surface area contributed by atoms with E-state index < -0.39 is 15.1 Å². The van der Waals surface area contributed by atoms with Crippen LogP contribution in [0.25, 0.3) is 0 Å². The van der Waals surface area contributed by atoms with Crippen LogP contribution in [0.3, 0.4) is 0 Å². The van der Waals surface area contributed by atoms with E-state index in [0.717, 1.165) is 31.2 Å². The van der Waals surface area contributed by atoms with Crippen molar-refractivity contribution < 1.29 is 13.2 Å². The number of ether oxygens (including phenoxy) is 1. The maximum Gasteiger partial charge on any atom is 0.188 e. The molecule has 21 heavy (non-hydrogen) atoms. The summed E-state index contributed by atoms with van der Waals surface area (Å²) in [6, 6.07) is 7.10. The third-order valence-corrected chi connectivity index (χ3v) is 5.97. The fourth-order valence-corrected chi connectivity index (χ4v) is 4.32. The van der Waals surface area contributed by atoms with Crippen LogP contribution in [0.2, 0.25) is 0 Å². The minimum Gasteiger partial charge on any atom is -0.497 e. The zero-order valence-corrected chi connectivity index (χ0v) is 13.7. The molecule has 3 nitrogen and oxygen atoms in total. The third kappa shape index (κ3) is 3.88. The summed E-state index contributed by atoms with van der Waals surface area (Å²) in [5.41, 5.74) is 1.06. The van der Waals surface area contributed by atoms with Crippen molar-refractivity contribution in [1.29, 1.82) is 0 Å². The zero-order valence-electron chi connectivity index (χ0n) is 12.8. The second kappa shape index (κ2) is 7.12. The molecule has 0 spiro atoms. The Hall–Kier alpha value is -1.29. The van der Waals surface area contributed by atoms with E-state index in [-0.39, 0.29) is 0 Å². The van der Waals surface area contributed by atoms with Crippen molar-refractivity contribution in [3.63, 3.8) is 0 Å². The lowest BCUT2D eigenvalue weighted by Crippen LogP contribution is -2.26. The molecule has 0 saturated heterocycles. The lowest BCUT2D eigenvalue weighted by Gasteiger charge is -2.24. The molecule has 1 aromatic rings. The second-order valence-electron chi connectivity index (χ2n) is 5.59. The molecule has 0 amide bonds. The summed E-state index contributed by atoms with van der Waals surface area (Å²) in [5, 5.41) is -0.541.